The fourth-order valence-electron chi connectivity index (χ4n) is 2.70. The Morgan fingerprint density at radius 3 is 3.00 bits per heavy atom. The third kappa shape index (κ3) is 2.08. The van der Waals surface area contributed by atoms with Crippen LogP contribution in [0.1, 0.15) is 33.1 Å². The van der Waals surface area contributed by atoms with Crippen molar-refractivity contribution in [3.05, 3.63) is 16.7 Å². The van der Waals surface area contributed by atoms with E-state index in [1.54, 1.807) is 11.3 Å². The van der Waals surface area contributed by atoms with Gasteiger partial charge in [-0.3, -0.25) is 0 Å². The lowest BCUT2D eigenvalue weighted by atomic mass is 9.87. The van der Waals surface area contributed by atoms with Crippen molar-refractivity contribution >= 4 is 39.0 Å². The van der Waals surface area contributed by atoms with Gasteiger partial charge in [0, 0.05) is 6.04 Å². The quantitative estimate of drug-likeness (QED) is 0.833. The Morgan fingerprint density at radius 1 is 1.44 bits per heavy atom. The van der Waals surface area contributed by atoms with Crippen LogP contribution in [0, 0.1) is 5.41 Å². The molecule has 1 unspecified atom stereocenters. The minimum Gasteiger partial charge on any atom is -0.366 e. The molecule has 1 saturated carbocycles. The second-order valence-corrected chi connectivity index (χ2v) is 6.79. The zero-order valence-electron chi connectivity index (χ0n) is 10.5. The number of hydrogen-bond acceptors (Lipinski definition) is 4. The Morgan fingerprint density at radius 2 is 2.28 bits per heavy atom. The number of rotatable bonds is 2. The molecule has 0 spiro atoms. The first-order valence-corrected chi connectivity index (χ1v) is 7.49. The molecule has 2 aromatic heterocycles. The molecular weight excluding hydrogens is 266 g/mol. The molecule has 0 aliphatic heterocycles. The molecule has 5 heteroatoms. The molecular formula is C13H16ClN3S. The van der Waals surface area contributed by atoms with Gasteiger partial charge < -0.3 is 5.32 Å². The lowest BCUT2D eigenvalue weighted by molar-refractivity contribution is 0.349. The van der Waals surface area contributed by atoms with E-state index in [2.05, 4.69) is 35.2 Å². The average Bonchev–Trinajstić information content (AvgIpc) is 2.86. The minimum absolute atomic E-state index is 0.319. The maximum Gasteiger partial charge on any atom is 0.225 e. The van der Waals surface area contributed by atoms with Crippen LogP contribution in [0.25, 0.3) is 10.2 Å². The summed E-state index contributed by atoms with van der Waals surface area (Å²) in [5, 5.41) is 7.00. The van der Waals surface area contributed by atoms with Crippen molar-refractivity contribution in [1.29, 1.82) is 0 Å². The SMILES string of the molecule is CC1(C)CCCC1Nc1nc(Cl)nc2sccc12. The summed E-state index contributed by atoms with van der Waals surface area (Å²) in [5.74, 6) is 0.881. The predicted octanol–water partition coefficient (Wildman–Crippen LogP) is 4.34. The van der Waals surface area contributed by atoms with Crippen LogP contribution in [-0.2, 0) is 0 Å². The van der Waals surface area contributed by atoms with E-state index in [4.69, 9.17) is 11.6 Å². The molecule has 96 valence electrons. The van der Waals surface area contributed by atoms with E-state index in [0.29, 0.717) is 16.7 Å². The molecule has 1 aliphatic rings. The number of aromatic nitrogens is 2. The third-order valence-corrected chi connectivity index (χ3v) is 4.84. The van der Waals surface area contributed by atoms with Crippen LogP contribution < -0.4 is 5.32 Å². The topological polar surface area (TPSA) is 37.8 Å². The van der Waals surface area contributed by atoms with Gasteiger partial charge in [0.2, 0.25) is 5.28 Å². The molecule has 1 N–H and O–H groups in total. The summed E-state index contributed by atoms with van der Waals surface area (Å²) in [6, 6.07) is 2.52. The standard InChI is InChI=1S/C13H16ClN3S/c1-13(2)6-3-4-9(13)15-10-8-5-7-18-11(8)17-12(14)16-10/h5,7,9H,3-4,6H2,1-2H3,(H,15,16,17). The lowest BCUT2D eigenvalue weighted by Crippen LogP contribution is -2.31. The van der Waals surface area contributed by atoms with Gasteiger partial charge in [0.1, 0.15) is 10.6 Å². The summed E-state index contributed by atoms with van der Waals surface area (Å²) in [7, 11) is 0. The first-order chi connectivity index (χ1) is 8.56. The first-order valence-electron chi connectivity index (χ1n) is 6.23. The van der Waals surface area contributed by atoms with Crippen molar-refractivity contribution in [3.63, 3.8) is 0 Å². The maximum absolute atomic E-state index is 5.98. The smallest absolute Gasteiger partial charge is 0.225 e. The Hall–Kier alpha value is -0.870. The van der Waals surface area contributed by atoms with E-state index in [1.807, 2.05) is 5.38 Å². The molecule has 2 aromatic rings. The molecule has 0 radical (unpaired) electrons. The average molecular weight is 282 g/mol. The van der Waals surface area contributed by atoms with Crippen LogP contribution in [0.5, 0.6) is 0 Å². The fourth-order valence-corrected chi connectivity index (χ4v) is 3.68. The van der Waals surface area contributed by atoms with E-state index in [-0.39, 0.29) is 0 Å². The predicted molar refractivity (Wildman–Crippen MR) is 77.5 cm³/mol. The molecule has 2 heterocycles. The highest BCUT2D eigenvalue weighted by Crippen LogP contribution is 2.39. The van der Waals surface area contributed by atoms with E-state index >= 15 is 0 Å². The van der Waals surface area contributed by atoms with Crippen LogP contribution in [0.3, 0.4) is 0 Å². The van der Waals surface area contributed by atoms with Gasteiger partial charge in [-0.1, -0.05) is 20.3 Å². The molecule has 1 atom stereocenters. The van der Waals surface area contributed by atoms with Crippen LogP contribution in [-0.4, -0.2) is 16.0 Å². The summed E-state index contributed by atoms with van der Waals surface area (Å²) in [4.78, 5) is 9.54. The Balaban J connectivity index is 1.97. The molecule has 0 amide bonds. The second kappa shape index (κ2) is 4.35. The van der Waals surface area contributed by atoms with Gasteiger partial charge in [-0.25, -0.2) is 9.97 Å². The van der Waals surface area contributed by atoms with Gasteiger partial charge >= 0.3 is 0 Å². The van der Waals surface area contributed by atoms with Gasteiger partial charge in [-0.05, 0) is 41.3 Å². The van der Waals surface area contributed by atoms with Crippen LogP contribution in [0.15, 0.2) is 11.4 Å². The fraction of sp³-hybridized carbons (Fsp3) is 0.538. The van der Waals surface area contributed by atoms with Gasteiger partial charge in [0.05, 0.1) is 5.39 Å². The van der Waals surface area contributed by atoms with Gasteiger partial charge in [-0.15, -0.1) is 11.3 Å². The van der Waals surface area contributed by atoms with E-state index in [0.717, 1.165) is 16.0 Å². The number of hydrogen-bond donors (Lipinski definition) is 1. The number of fused-ring (bicyclic) bond motifs is 1. The number of nitrogens with zero attached hydrogens (tertiary/aromatic N) is 2. The van der Waals surface area contributed by atoms with E-state index in [1.165, 1.54) is 19.3 Å². The van der Waals surface area contributed by atoms with Gasteiger partial charge in [0.15, 0.2) is 0 Å². The number of halogens is 1. The van der Waals surface area contributed by atoms with Crippen molar-refractivity contribution in [2.75, 3.05) is 5.32 Å². The van der Waals surface area contributed by atoms with Crippen molar-refractivity contribution < 1.29 is 0 Å². The van der Waals surface area contributed by atoms with Crippen LogP contribution >= 0.6 is 22.9 Å². The third-order valence-electron chi connectivity index (χ3n) is 3.87. The summed E-state index contributed by atoms with van der Waals surface area (Å²) >= 11 is 7.58. The highest BCUT2D eigenvalue weighted by molar-refractivity contribution is 7.16. The minimum atomic E-state index is 0.319. The van der Waals surface area contributed by atoms with Crippen molar-refractivity contribution in [2.24, 2.45) is 5.41 Å². The molecule has 3 rings (SSSR count). The lowest BCUT2D eigenvalue weighted by Gasteiger charge is -2.28. The van der Waals surface area contributed by atoms with Crippen molar-refractivity contribution in [2.45, 2.75) is 39.2 Å². The van der Waals surface area contributed by atoms with Gasteiger partial charge in [-0.2, -0.15) is 0 Å². The highest BCUT2D eigenvalue weighted by Gasteiger charge is 2.34. The molecule has 3 nitrogen and oxygen atoms in total. The Bertz CT molecular complexity index is 579. The number of anilines is 1. The molecule has 0 saturated heterocycles. The maximum atomic E-state index is 5.98. The van der Waals surface area contributed by atoms with E-state index in [9.17, 15) is 0 Å². The largest absolute Gasteiger partial charge is 0.366 e. The van der Waals surface area contributed by atoms with Crippen LogP contribution in [0.4, 0.5) is 5.82 Å². The molecule has 0 bridgehead atoms. The molecule has 18 heavy (non-hydrogen) atoms. The monoisotopic (exact) mass is 281 g/mol. The summed E-state index contributed by atoms with van der Waals surface area (Å²) < 4.78 is 0. The van der Waals surface area contributed by atoms with E-state index < -0.39 is 0 Å². The Kier molecular flexibility index (Phi) is 2.94. The highest BCUT2D eigenvalue weighted by atomic mass is 35.5. The molecule has 0 aromatic carbocycles. The second-order valence-electron chi connectivity index (χ2n) is 5.56. The number of nitrogens with one attached hydrogen (secondary N) is 1. The first kappa shape index (κ1) is 12.2. The summed E-state index contributed by atoms with van der Waals surface area (Å²) in [6.45, 7) is 4.62. The zero-order chi connectivity index (χ0) is 12.8. The van der Waals surface area contributed by atoms with Crippen molar-refractivity contribution in [3.8, 4) is 0 Å². The Labute approximate surface area is 116 Å². The summed E-state index contributed by atoms with van der Waals surface area (Å²) in [6.07, 6.45) is 3.73. The van der Waals surface area contributed by atoms with Crippen LogP contribution in [0.2, 0.25) is 5.28 Å². The zero-order valence-corrected chi connectivity index (χ0v) is 12.1. The van der Waals surface area contributed by atoms with Crippen molar-refractivity contribution in [1.82, 2.24) is 9.97 Å². The molecule has 1 aliphatic carbocycles. The summed E-state index contributed by atoms with van der Waals surface area (Å²) in [5.41, 5.74) is 0.319. The van der Waals surface area contributed by atoms with Gasteiger partial charge in [0.25, 0.3) is 0 Å². The molecule has 1 fully saturated rings. The normalized spacial score (nSPS) is 22.5. The number of thiophene rings is 1.